The van der Waals surface area contributed by atoms with E-state index in [9.17, 15) is 14.4 Å². The Bertz CT molecular complexity index is 820. The van der Waals surface area contributed by atoms with Crippen molar-refractivity contribution in [3.63, 3.8) is 0 Å². The van der Waals surface area contributed by atoms with Gasteiger partial charge >= 0.3 is 18.0 Å². The lowest BCUT2D eigenvalue weighted by Gasteiger charge is -2.28. The summed E-state index contributed by atoms with van der Waals surface area (Å²) in [6, 6.07) is 7.69. The van der Waals surface area contributed by atoms with Crippen LogP contribution in [-0.4, -0.2) is 52.3 Å². The maximum Gasteiger partial charge on any atom is 0.410 e. The number of benzene rings is 1. The van der Waals surface area contributed by atoms with E-state index in [1.165, 1.54) is 0 Å². The van der Waals surface area contributed by atoms with Crippen LogP contribution in [0.5, 0.6) is 0 Å². The third-order valence-electron chi connectivity index (χ3n) is 5.23. The van der Waals surface area contributed by atoms with Gasteiger partial charge in [-0.05, 0) is 77.8 Å². The van der Waals surface area contributed by atoms with Crippen LogP contribution in [0.1, 0.15) is 65.5 Å². The third-order valence-corrected chi connectivity index (χ3v) is 5.23. The average molecular weight is 448 g/mol. The van der Waals surface area contributed by atoms with Crippen molar-refractivity contribution < 1.29 is 29.0 Å². The molecule has 1 heterocycles. The van der Waals surface area contributed by atoms with Gasteiger partial charge in [0.2, 0.25) is 0 Å². The summed E-state index contributed by atoms with van der Waals surface area (Å²) in [6.07, 6.45) is 1.31. The molecule has 1 saturated heterocycles. The van der Waals surface area contributed by atoms with E-state index in [0.717, 1.165) is 11.1 Å². The summed E-state index contributed by atoms with van der Waals surface area (Å²) in [5.41, 5.74) is 0.701. The van der Waals surface area contributed by atoms with E-state index in [4.69, 9.17) is 14.6 Å². The molecule has 1 N–H and O–H groups in total. The summed E-state index contributed by atoms with van der Waals surface area (Å²) < 4.78 is 11.2. The Morgan fingerprint density at radius 3 is 2.28 bits per heavy atom. The molecule has 2 rings (SSSR count). The molecule has 1 amide bonds. The van der Waals surface area contributed by atoms with E-state index in [2.05, 4.69) is 0 Å². The minimum atomic E-state index is -0.838. The summed E-state index contributed by atoms with van der Waals surface area (Å²) >= 11 is 0. The monoisotopic (exact) mass is 447 g/mol. The summed E-state index contributed by atoms with van der Waals surface area (Å²) in [7, 11) is 0. The first-order chi connectivity index (χ1) is 14.7. The Balaban J connectivity index is 2.17. The van der Waals surface area contributed by atoms with Gasteiger partial charge in [0, 0.05) is 19.5 Å². The summed E-state index contributed by atoms with van der Waals surface area (Å²) in [5, 5.41) is 8.95. The van der Waals surface area contributed by atoms with E-state index in [0.29, 0.717) is 32.4 Å². The van der Waals surface area contributed by atoms with Gasteiger partial charge in [0.1, 0.15) is 11.2 Å². The number of rotatable bonds is 7. The largest absolute Gasteiger partial charge is 0.481 e. The second kappa shape index (κ2) is 10.4. The number of amides is 1. The highest BCUT2D eigenvalue weighted by Crippen LogP contribution is 2.31. The van der Waals surface area contributed by atoms with Gasteiger partial charge in [0.05, 0.1) is 5.92 Å². The Morgan fingerprint density at radius 2 is 1.69 bits per heavy atom. The highest BCUT2D eigenvalue weighted by atomic mass is 16.6. The van der Waals surface area contributed by atoms with Crippen LogP contribution < -0.4 is 0 Å². The standard InChI is InChI=1S/C25H37NO6/c1-24(2,3)31-22(29)20(15-18-9-7-8-17(14-18)10-11-21(27)28)19-12-13-26(16-19)23(30)32-25(4,5)6/h7-9,14,19-20H,10-13,15-16H2,1-6H3,(H,27,28)/t19-,20-/m0/s1. The van der Waals surface area contributed by atoms with Crippen LogP contribution in [0.2, 0.25) is 0 Å². The van der Waals surface area contributed by atoms with Crippen LogP contribution in [0, 0.1) is 11.8 Å². The average Bonchev–Trinajstić information content (AvgIpc) is 3.12. The molecule has 0 unspecified atom stereocenters. The fourth-order valence-corrected chi connectivity index (χ4v) is 3.85. The van der Waals surface area contributed by atoms with Crippen molar-refractivity contribution in [1.82, 2.24) is 4.90 Å². The number of carboxylic acid groups (broad SMARTS) is 1. The molecule has 7 nitrogen and oxygen atoms in total. The normalized spacial score (nSPS) is 17.7. The van der Waals surface area contributed by atoms with Crippen LogP contribution in [0.25, 0.3) is 0 Å². The summed E-state index contributed by atoms with van der Waals surface area (Å²) in [6.45, 7) is 12.0. The molecule has 0 bridgehead atoms. The van der Waals surface area contributed by atoms with Gasteiger partial charge in [-0.1, -0.05) is 24.3 Å². The van der Waals surface area contributed by atoms with E-state index < -0.39 is 23.1 Å². The zero-order valence-corrected chi connectivity index (χ0v) is 20.1. The second-order valence-corrected chi connectivity index (χ2v) is 10.5. The molecule has 178 valence electrons. The quantitative estimate of drug-likeness (QED) is 0.620. The molecular formula is C25H37NO6. The Morgan fingerprint density at radius 1 is 1.06 bits per heavy atom. The fourth-order valence-electron chi connectivity index (χ4n) is 3.85. The lowest BCUT2D eigenvalue weighted by atomic mass is 9.85. The molecule has 1 fully saturated rings. The highest BCUT2D eigenvalue weighted by molar-refractivity contribution is 5.74. The fraction of sp³-hybridized carbons (Fsp3) is 0.640. The number of ether oxygens (including phenoxy) is 2. The molecule has 7 heteroatoms. The number of esters is 1. The molecular weight excluding hydrogens is 410 g/mol. The minimum Gasteiger partial charge on any atom is -0.481 e. The van der Waals surface area contributed by atoms with Gasteiger partial charge in [-0.2, -0.15) is 0 Å². The first-order valence-corrected chi connectivity index (χ1v) is 11.2. The first-order valence-electron chi connectivity index (χ1n) is 11.2. The van der Waals surface area contributed by atoms with Gasteiger partial charge in [0.25, 0.3) is 0 Å². The molecule has 0 aromatic heterocycles. The molecule has 0 saturated carbocycles. The Hall–Kier alpha value is -2.57. The lowest BCUT2D eigenvalue weighted by molar-refractivity contribution is -0.162. The van der Waals surface area contributed by atoms with Gasteiger partial charge in [-0.25, -0.2) is 4.79 Å². The Kier molecular flexibility index (Phi) is 8.32. The van der Waals surface area contributed by atoms with Crippen molar-refractivity contribution >= 4 is 18.0 Å². The number of aryl methyl sites for hydroxylation is 1. The minimum absolute atomic E-state index is 0.0416. The number of aliphatic carboxylic acids is 1. The molecule has 1 aromatic rings. The zero-order chi connectivity index (χ0) is 24.1. The molecule has 0 radical (unpaired) electrons. The van der Waals surface area contributed by atoms with E-state index >= 15 is 0 Å². The van der Waals surface area contributed by atoms with Crippen molar-refractivity contribution in [2.45, 2.75) is 78.4 Å². The third kappa shape index (κ3) is 8.52. The molecule has 2 atom stereocenters. The maximum atomic E-state index is 13.1. The molecule has 0 spiro atoms. The van der Waals surface area contributed by atoms with Gasteiger partial charge in [-0.15, -0.1) is 0 Å². The lowest BCUT2D eigenvalue weighted by Crippen LogP contribution is -2.38. The van der Waals surface area contributed by atoms with Crippen molar-refractivity contribution in [2.24, 2.45) is 11.8 Å². The summed E-state index contributed by atoms with van der Waals surface area (Å²) in [5.74, 6) is -1.56. The smallest absolute Gasteiger partial charge is 0.410 e. The predicted molar refractivity (Wildman–Crippen MR) is 121 cm³/mol. The Labute approximate surface area is 191 Å². The maximum absolute atomic E-state index is 13.1. The van der Waals surface area contributed by atoms with Crippen molar-refractivity contribution in [3.8, 4) is 0 Å². The van der Waals surface area contributed by atoms with Gasteiger partial charge in [0.15, 0.2) is 0 Å². The van der Waals surface area contributed by atoms with Crippen molar-refractivity contribution in [3.05, 3.63) is 35.4 Å². The SMILES string of the molecule is CC(C)(C)OC(=O)[C@@H](Cc1cccc(CCC(=O)O)c1)[C@H]1CCN(C(=O)OC(C)(C)C)C1. The van der Waals surface area contributed by atoms with Crippen LogP contribution >= 0.6 is 0 Å². The van der Waals surface area contributed by atoms with Gasteiger partial charge in [-0.3, -0.25) is 9.59 Å². The number of hydrogen-bond acceptors (Lipinski definition) is 5. The van der Waals surface area contributed by atoms with Crippen molar-refractivity contribution in [1.29, 1.82) is 0 Å². The molecule has 1 aliphatic rings. The molecule has 1 aromatic carbocycles. The number of carbonyl (C=O) groups is 3. The number of nitrogens with zero attached hydrogens (tertiary/aromatic N) is 1. The molecule has 0 aliphatic carbocycles. The predicted octanol–water partition coefficient (Wildman–Crippen LogP) is 4.46. The molecule has 32 heavy (non-hydrogen) atoms. The van der Waals surface area contributed by atoms with E-state index in [1.807, 2.05) is 65.8 Å². The van der Waals surface area contributed by atoms with Gasteiger partial charge < -0.3 is 19.5 Å². The second-order valence-electron chi connectivity index (χ2n) is 10.5. The number of likely N-dealkylation sites (tertiary alicyclic amines) is 1. The van der Waals surface area contributed by atoms with E-state index in [-0.39, 0.29) is 24.4 Å². The van der Waals surface area contributed by atoms with Crippen LogP contribution in [0.3, 0.4) is 0 Å². The van der Waals surface area contributed by atoms with Crippen LogP contribution in [0.4, 0.5) is 4.79 Å². The molecule has 1 aliphatic heterocycles. The number of carboxylic acids is 1. The van der Waals surface area contributed by atoms with Crippen LogP contribution in [0.15, 0.2) is 24.3 Å². The zero-order valence-electron chi connectivity index (χ0n) is 20.1. The van der Waals surface area contributed by atoms with Crippen LogP contribution in [-0.2, 0) is 31.9 Å². The number of carbonyl (C=O) groups excluding carboxylic acids is 2. The first kappa shape index (κ1) is 25.7. The topological polar surface area (TPSA) is 93.1 Å². The highest BCUT2D eigenvalue weighted by Gasteiger charge is 2.39. The van der Waals surface area contributed by atoms with Crippen molar-refractivity contribution in [2.75, 3.05) is 13.1 Å². The van der Waals surface area contributed by atoms with E-state index in [1.54, 1.807) is 4.90 Å². The summed E-state index contributed by atoms with van der Waals surface area (Å²) in [4.78, 5) is 38.2. The number of hydrogen-bond donors (Lipinski definition) is 1.